The number of hydrogen-bond acceptors (Lipinski definition) is 8. The first-order chi connectivity index (χ1) is 20.7. The van der Waals surface area contributed by atoms with Crippen LogP contribution in [0, 0.1) is 6.92 Å². The van der Waals surface area contributed by atoms with Gasteiger partial charge in [-0.15, -0.1) is 4.83 Å². The highest BCUT2D eigenvalue weighted by Crippen LogP contribution is 2.38. The van der Waals surface area contributed by atoms with Crippen molar-refractivity contribution < 1.29 is 32.2 Å². The van der Waals surface area contributed by atoms with Crippen molar-refractivity contribution in [3.8, 4) is 17.2 Å². The summed E-state index contributed by atoms with van der Waals surface area (Å²) in [6.07, 6.45) is -1.37. The molecule has 17 heteroatoms. The average molecular weight is 705 g/mol. The molecule has 3 rings (SSSR count). The molecule has 1 unspecified atom stereocenters. The molecule has 5 N–H and O–H groups in total. The van der Waals surface area contributed by atoms with E-state index in [1.165, 1.54) is 57.7 Å². The van der Waals surface area contributed by atoms with Crippen molar-refractivity contribution in [3.63, 3.8) is 0 Å². The summed E-state index contributed by atoms with van der Waals surface area (Å²) in [7, 11) is 0.165. The molecule has 236 valence electrons. The van der Waals surface area contributed by atoms with Gasteiger partial charge in [0, 0.05) is 5.56 Å². The molecule has 44 heavy (non-hydrogen) atoms. The molecule has 0 bridgehead atoms. The number of hydrogen-bond donors (Lipinski definition) is 5. The number of methoxy groups -OCH3 is 3. The van der Waals surface area contributed by atoms with Crippen LogP contribution in [0.5, 0.6) is 17.2 Å². The molecule has 0 spiro atoms. The summed E-state index contributed by atoms with van der Waals surface area (Å²) in [5.74, 6) is -0.748. The van der Waals surface area contributed by atoms with Crippen molar-refractivity contribution in [3.05, 3.63) is 77.4 Å². The fraction of sp³-hybridized carbons (Fsp3) is 0.222. The van der Waals surface area contributed by atoms with Crippen LogP contribution in [-0.2, 0) is 10.0 Å². The summed E-state index contributed by atoms with van der Waals surface area (Å²) >= 11 is 23.8. The fourth-order valence-corrected chi connectivity index (χ4v) is 5.06. The number of benzene rings is 3. The first kappa shape index (κ1) is 35.0. The van der Waals surface area contributed by atoms with Crippen LogP contribution < -0.4 is 40.4 Å². The normalized spacial score (nSPS) is 12.0. The number of amides is 2. The number of anilines is 1. The quantitative estimate of drug-likeness (QED) is 0.0854. The van der Waals surface area contributed by atoms with Gasteiger partial charge < -0.3 is 30.2 Å². The predicted molar refractivity (Wildman–Crippen MR) is 172 cm³/mol. The van der Waals surface area contributed by atoms with Crippen LogP contribution in [0.3, 0.4) is 0 Å². The first-order valence-corrected chi connectivity index (χ1v) is 15.5. The Morgan fingerprint density at radius 3 is 2.00 bits per heavy atom. The highest BCUT2D eigenvalue weighted by molar-refractivity contribution is 7.89. The minimum atomic E-state index is -4.04. The third-order valence-electron chi connectivity index (χ3n) is 5.86. The second-order valence-electron chi connectivity index (χ2n) is 8.88. The summed E-state index contributed by atoms with van der Waals surface area (Å²) in [5, 5.41) is 7.88. The van der Waals surface area contributed by atoms with Crippen LogP contribution in [0.15, 0.2) is 65.6 Å². The molecule has 0 fully saturated rings. The van der Waals surface area contributed by atoms with Gasteiger partial charge in [0.1, 0.15) is 6.17 Å². The monoisotopic (exact) mass is 703 g/mol. The van der Waals surface area contributed by atoms with Gasteiger partial charge in [0.05, 0.1) is 37.5 Å². The third-order valence-corrected chi connectivity index (χ3v) is 7.99. The van der Waals surface area contributed by atoms with Gasteiger partial charge in [0.25, 0.3) is 21.8 Å². The lowest BCUT2D eigenvalue weighted by Crippen LogP contribution is -2.56. The van der Waals surface area contributed by atoms with Crippen LogP contribution in [0.2, 0.25) is 0 Å². The second-order valence-corrected chi connectivity index (χ2v) is 13.3. The van der Waals surface area contributed by atoms with Crippen molar-refractivity contribution in [2.24, 2.45) is 0 Å². The minimum Gasteiger partial charge on any atom is -0.493 e. The molecule has 0 aliphatic heterocycles. The van der Waals surface area contributed by atoms with Crippen molar-refractivity contribution in [2.75, 3.05) is 26.6 Å². The molecule has 3 aromatic carbocycles. The Morgan fingerprint density at radius 1 is 0.864 bits per heavy atom. The molecule has 0 saturated heterocycles. The lowest BCUT2D eigenvalue weighted by molar-refractivity contribution is 0.0930. The largest absolute Gasteiger partial charge is 0.493 e. The zero-order valence-electron chi connectivity index (χ0n) is 23.7. The SMILES string of the molecule is COc1cc(C(=O)NC(NC(=S)Nc2ccccc2C(=O)NNS(=O)(=O)c2ccc(C)cc2)C(Cl)(Cl)Cl)cc(OC)c1OC. The fourth-order valence-electron chi connectivity index (χ4n) is 3.66. The Balaban J connectivity index is 1.74. The number of hydrazine groups is 1. The zero-order valence-corrected chi connectivity index (χ0v) is 27.6. The van der Waals surface area contributed by atoms with E-state index in [1.54, 1.807) is 24.3 Å². The average Bonchev–Trinajstić information content (AvgIpc) is 2.98. The van der Waals surface area contributed by atoms with E-state index in [9.17, 15) is 18.0 Å². The molecular weight excluding hydrogens is 677 g/mol. The minimum absolute atomic E-state index is 0.0233. The number of ether oxygens (including phenoxy) is 3. The summed E-state index contributed by atoms with van der Waals surface area (Å²) < 4.78 is 38.9. The molecule has 0 aromatic heterocycles. The van der Waals surface area contributed by atoms with Crippen LogP contribution >= 0.6 is 47.0 Å². The smallest absolute Gasteiger partial charge is 0.268 e. The Labute approximate surface area is 274 Å². The summed E-state index contributed by atoms with van der Waals surface area (Å²) in [6, 6.07) is 15.0. The Hall–Kier alpha value is -3.53. The molecule has 0 aliphatic rings. The van der Waals surface area contributed by atoms with Crippen LogP contribution in [0.4, 0.5) is 5.69 Å². The number of nitrogens with one attached hydrogen (secondary N) is 5. The summed E-state index contributed by atoms with van der Waals surface area (Å²) in [6.45, 7) is 1.81. The number of carbonyl (C=O) groups is 2. The zero-order chi connectivity index (χ0) is 32.7. The van der Waals surface area contributed by atoms with E-state index in [0.717, 1.165) is 5.56 Å². The van der Waals surface area contributed by atoms with Gasteiger partial charge in [-0.1, -0.05) is 64.6 Å². The first-order valence-electron chi connectivity index (χ1n) is 12.4. The predicted octanol–water partition coefficient (Wildman–Crippen LogP) is 4.06. The number of aryl methyl sites for hydroxylation is 1. The number of sulfonamides is 1. The summed E-state index contributed by atoms with van der Waals surface area (Å²) in [5.41, 5.74) is 3.33. The van der Waals surface area contributed by atoms with E-state index in [4.69, 9.17) is 61.2 Å². The number of thiocarbonyl (C=S) groups is 1. The highest BCUT2D eigenvalue weighted by Gasteiger charge is 2.35. The van der Waals surface area contributed by atoms with E-state index >= 15 is 0 Å². The molecule has 0 heterocycles. The van der Waals surface area contributed by atoms with E-state index in [0.29, 0.717) is 0 Å². The standard InChI is InChI=1S/C27H28Cl3N5O7S2/c1-15-9-11-17(12-10-15)44(38,39)35-34-24(37)18-7-5-6-8-19(18)31-26(43)33-25(27(28,29)30)32-23(36)16-13-20(40-2)22(42-4)21(14-16)41-3/h5-14,25,35H,1-4H3,(H,32,36)(H,34,37)(H2,31,33,43). The molecule has 2 amide bonds. The van der Waals surface area contributed by atoms with Gasteiger partial charge in [0.15, 0.2) is 16.6 Å². The van der Waals surface area contributed by atoms with Crippen molar-refractivity contribution in [1.29, 1.82) is 0 Å². The maximum Gasteiger partial charge on any atom is 0.268 e. The second kappa shape index (κ2) is 15.0. The molecule has 0 aliphatic carbocycles. The van der Waals surface area contributed by atoms with Gasteiger partial charge in [0.2, 0.25) is 9.54 Å². The topological polar surface area (TPSA) is 156 Å². The Kier molecular flexibility index (Phi) is 11.9. The molecule has 3 aromatic rings. The van der Waals surface area contributed by atoms with Crippen LogP contribution in [0.25, 0.3) is 0 Å². The Bertz CT molecular complexity index is 1610. The number of carbonyl (C=O) groups excluding carboxylic acids is 2. The maximum absolute atomic E-state index is 13.1. The van der Waals surface area contributed by atoms with Crippen molar-refractivity contribution in [1.82, 2.24) is 20.9 Å². The number of rotatable bonds is 11. The number of alkyl halides is 3. The van der Waals surface area contributed by atoms with E-state index < -0.39 is 31.8 Å². The lowest BCUT2D eigenvalue weighted by atomic mass is 10.1. The summed E-state index contributed by atoms with van der Waals surface area (Å²) in [4.78, 5) is 28.1. The molecule has 0 radical (unpaired) electrons. The van der Waals surface area contributed by atoms with E-state index in [-0.39, 0.29) is 44.1 Å². The van der Waals surface area contributed by atoms with Gasteiger partial charge in [-0.25, -0.2) is 8.42 Å². The van der Waals surface area contributed by atoms with Crippen molar-refractivity contribution >= 4 is 79.7 Å². The van der Waals surface area contributed by atoms with E-state index in [2.05, 4.69) is 26.2 Å². The number of para-hydroxylation sites is 1. The highest BCUT2D eigenvalue weighted by atomic mass is 35.6. The molecule has 12 nitrogen and oxygen atoms in total. The van der Waals surface area contributed by atoms with Gasteiger partial charge in [-0.3, -0.25) is 15.0 Å². The van der Waals surface area contributed by atoms with Crippen molar-refractivity contribution in [2.45, 2.75) is 21.8 Å². The number of halogens is 3. The van der Waals surface area contributed by atoms with Crippen LogP contribution in [0.1, 0.15) is 26.3 Å². The molecule has 0 saturated carbocycles. The molecular formula is C27H28Cl3N5O7S2. The maximum atomic E-state index is 13.1. The lowest BCUT2D eigenvalue weighted by Gasteiger charge is -2.28. The third kappa shape index (κ3) is 9.00. The van der Waals surface area contributed by atoms with Gasteiger partial charge in [-0.2, -0.15) is 0 Å². The Morgan fingerprint density at radius 2 is 1.45 bits per heavy atom. The van der Waals surface area contributed by atoms with Gasteiger partial charge in [-0.05, 0) is 55.5 Å². The van der Waals surface area contributed by atoms with E-state index in [1.807, 2.05) is 6.92 Å². The van der Waals surface area contributed by atoms with Crippen LogP contribution in [-0.4, -0.2) is 56.6 Å². The molecule has 1 atom stereocenters. The van der Waals surface area contributed by atoms with Gasteiger partial charge >= 0.3 is 0 Å².